The van der Waals surface area contributed by atoms with Crippen molar-refractivity contribution >= 4 is 67.5 Å². The lowest BCUT2D eigenvalue weighted by Crippen LogP contribution is -2.16. The predicted molar refractivity (Wildman–Crippen MR) is 133 cm³/mol. The second kappa shape index (κ2) is 9.47. The molecule has 0 aliphatic carbocycles. The minimum atomic E-state index is -0.311. The molecule has 0 atom stereocenters. The number of thiophene rings is 2. The Morgan fingerprint density at radius 2 is 2.00 bits per heavy atom. The Morgan fingerprint density at radius 3 is 2.76 bits per heavy atom. The summed E-state index contributed by atoms with van der Waals surface area (Å²) in [6.07, 6.45) is 2.16. The van der Waals surface area contributed by atoms with Crippen LogP contribution in [0.1, 0.15) is 23.2 Å². The monoisotopic (exact) mass is 517 g/mol. The van der Waals surface area contributed by atoms with Crippen molar-refractivity contribution in [2.75, 3.05) is 25.6 Å². The van der Waals surface area contributed by atoms with Gasteiger partial charge in [0.15, 0.2) is 6.29 Å². The molecule has 1 fully saturated rings. The first kappa shape index (κ1) is 22.4. The van der Waals surface area contributed by atoms with Gasteiger partial charge in [0.25, 0.3) is 0 Å². The molecular weight excluding hydrogens is 501 g/mol. The van der Waals surface area contributed by atoms with E-state index < -0.39 is 0 Å². The average molecular weight is 518 g/mol. The molecule has 33 heavy (non-hydrogen) atoms. The third kappa shape index (κ3) is 4.41. The van der Waals surface area contributed by atoms with E-state index in [1.807, 2.05) is 6.07 Å². The third-order valence-electron chi connectivity index (χ3n) is 5.13. The molecule has 1 N–H and O–H groups in total. The molecule has 6 nitrogen and oxygen atoms in total. The maximum Gasteiger partial charge on any atom is 0.193 e. The lowest BCUT2D eigenvalue weighted by Gasteiger charge is -2.21. The van der Waals surface area contributed by atoms with Crippen LogP contribution in [0.25, 0.3) is 20.7 Å². The zero-order valence-corrected chi connectivity index (χ0v) is 20.5. The van der Waals surface area contributed by atoms with Crippen molar-refractivity contribution in [3.05, 3.63) is 56.3 Å². The number of nitriles is 1. The zero-order chi connectivity index (χ0) is 22.9. The Morgan fingerprint density at radius 1 is 1.18 bits per heavy atom. The topological polar surface area (TPSA) is 76.4 Å². The number of benzene rings is 1. The van der Waals surface area contributed by atoms with Crippen LogP contribution in [-0.2, 0) is 9.47 Å². The molecule has 0 radical (unpaired) electrons. The molecule has 0 unspecified atom stereocenters. The Balaban J connectivity index is 1.54. The van der Waals surface area contributed by atoms with Crippen LogP contribution in [0.5, 0.6) is 5.75 Å². The number of pyridine rings is 1. The number of hydrogen-bond acceptors (Lipinski definition) is 8. The van der Waals surface area contributed by atoms with Crippen LogP contribution >= 0.6 is 45.9 Å². The number of anilines is 2. The predicted octanol–water partition coefficient (Wildman–Crippen LogP) is 7.39. The van der Waals surface area contributed by atoms with E-state index in [0.29, 0.717) is 45.9 Å². The average Bonchev–Trinajstić information content (AvgIpc) is 3.49. The van der Waals surface area contributed by atoms with Crippen LogP contribution in [0.15, 0.2) is 35.8 Å². The Bertz CT molecular complexity index is 1370. The number of fused-ring (bicyclic) bond motifs is 1. The van der Waals surface area contributed by atoms with Crippen molar-refractivity contribution in [1.82, 2.24) is 4.98 Å². The quantitative estimate of drug-likeness (QED) is 0.297. The van der Waals surface area contributed by atoms with Gasteiger partial charge in [-0.1, -0.05) is 23.2 Å². The Kier molecular flexibility index (Phi) is 6.43. The summed E-state index contributed by atoms with van der Waals surface area (Å²) in [7, 11) is 1.54. The fraction of sp³-hybridized carbons (Fsp3) is 0.217. The smallest absolute Gasteiger partial charge is 0.193 e. The van der Waals surface area contributed by atoms with Gasteiger partial charge < -0.3 is 19.5 Å². The summed E-state index contributed by atoms with van der Waals surface area (Å²) < 4.78 is 17.6. The summed E-state index contributed by atoms with van der Waals surface area (Å²) in [5, 5.41) is 15.9. The van der Waals surface area contributed by atoms with Crippen molar-refractivity contribution in [1.29, 1.82) is 5.26 Å². The molecule has 4 heterocycles. The molecular formula is C23H17Cl2N3O3S2. The molecule has 10 heteroatoms. The lowest BCUT2D eigenvalue weighted by molar-refractivity contribution is -0.181. The minimum Gasteiger partial charge on any atom is -0.495 e. The van der Waals surface area contributed by atoms with Crippen LogP contribution in [0.3, 0.4) is 0 Å². The van der Waals surface area contributed by atoms with Crippen molar-refractivity contribution in [3.63, 3.8) is 0 Å². The van der Waals surface area contributed by atoms with E-state index in [1.54, 1.807) is 41.0 Å². The molecule has 168 valence electrons. The van der Waals surface area contributed by atoms with E-state index >= 15 is 0 Å². The second-order valence-electron chi connectivity index (χ2n) is 7.24. The molecule has 5 rings (SSSR count). The van der Waals surface area contributed by atoms with Crippen LogP contribution in [0.4, 0.5) is 11.4 Å². The van der Waals surface area contributed by atoms with Crippen molar-refractivity contribution in [2.45, 2.75) is 12.7 Å². The van der Waals surface area contributed by atoms with Gasteiger partial charge >= 0.3 is 0 Å². The van der Waals surface area contributed by atoms with Gasteiger partial charge in [0.05, 0.1) is 62.4 Å². The van der Waals surface area contributed by atoms with Gasteiger partial charge in [-0.2, -0.15) is 5.26 Å². The molecule has 0 bridgehead atoms. The lowest BCUT2D eigenvalue weighted by atomic mass is 10.2. The van der Waals surface area contributed by atoms with Gasteiger partial charge in [-0.05, 0) is 30.0 Å². The van der Waals surface area contributed by atoms with E-state index in [4.69, 9.17) is 37.4 Å². The highest BCUT2D eigenvalue weighted by Gasteiger charge is 2.21. The van der Waals surface area contributed by atoms with E-state index in [0.717, 1.165) is 32.0 Å². The second-order valence-corrected chi connectivity index (χ2v) is 10.0. The molecule has 0 spiro atoms. The van der Waals surface area contributed by atoms with E-state index in [9.17, 15) is 5.26 Å². The summed E-state index contributed by atoms with van der Waals surface area (Å²) in [5.41, 5.74) is 3.48. The van der Waals surface area contributed by atoms with Gasteiger partial charge in [-0.15, -0.1) is 22.7 Å². The summed E-state index contributed by atoms with van der Waals surface area (Å²) in [6.45, 7) is 1.41. The molecule has 1 aliphatic heterocycles. The van der Waals surface area contributed by atoms with Crippen LogP contribution in [-0.4, -0.2) is 25.3 Å². The summed E-state index contributed by atoms with van der Waals surface area (Å²) >= 11 is 15.7. The highest BCUT2D eigenvalue weighted by atomic mass is 35.5. The van der Waals surface area contributed by atoms with Crippen LogP contribution in [0.2, 0.25) is 10.0 Å². The summed E-state index contributed by atoms with van der Waals surface area (Å²) in [4.78, 5) is 6.56. The summed E-state index contributed by atoms with van der Waals surface area (Å²) in [6, 6.07) is 9.64. The zero-order valence-electron chi connectivity index (χ0n) is 17.4. The molecule has 4 aromatic rings. The number of aromatic nitrogens is 1. The first-order valence-electron chi connectivity index (χ1n) is 10.0. The Hall–Kier alpha value is -2.38. The third-order valence-corrected chi connectivity index (χ3v) is 7.88. The molecule has 0 amide bonds. The number of methoxy groups -OCH3 is 1. The first-order valence-corrected chi connectivity index (χ1v) is 12.5. The van der Waals surface area contributed by atoms with Gasteiger partial charge in [0, 0.05) is 22.7 Å². The van der Waals surface area contributed by atoms with Crippen molar-refractivity contribution < 1.29 is 14.2 Å². The van der Waals surface area contributed by atoms with Crippen LogP contribution in [0, 0.1) is 11.3 Å². The fourth-order valence-corrected chi connectivity index (χ4v) is 6.09. The van der Waals surface area contributed by atoms with E-state index in [2.05, 4.69) is 27.8 Å². The molecule has 1 aliphatic rings. The largest absolute Gasteiger partial charge is 0.495 e. The standard InChI is InChI=1S/C23H17Cl2N3O3S2/c1-29-18-7-16(14(24)6-15(18)25)28-21-13(9-26)10-27-17-8-19(33-22(17)21)12-5-20(32-11-12)23-30-3-2-4-31-23/h5-8,10-11,23H,2-4H2,1H3,(H,27,28). The summed E-state index contributed by atoms with van der Waals surface area (Å²) in [5.74, 6) is 0.484. The van der Waals surface area contributed by atoms with Gasteiger partial charge in [-0.3, -0.25) is 4.98 Å². The number of rotatable bonds is 5. The van der Waals surface area contributed by atoms with Gasteiger partial charge in [0.1, 0.15) is 11.8 Å². The molecule has 3 aromatic heterocycles. The fourth-order valence-electron chi connectivity index (χ4n) is 3.50. The van der Waals surface area contributed by atoms with Crippen molar-refractivity contribution in [2.24, 2.45) is 0 Å². The number of nitrogens with one attached hydrogen (secondary N) is 1. The molecule has 0 saturated carbocycles. The minimum absolute atomic E-state index is 0.311. The molecule has 1 aromatic carbocycles. The van der Waals surface area contributed by atoms with E-state index in [1.165, 1.54) is 7.11 Å². The number of hydrogen-bond donors (Lipinski definition) is 1. The number of ether oxygens (including phenoxy) is 3. The SMILES string of the molecule is COc1cc(Nc2c(C#N)cnc3cc(-c4csc(C5OCCCO5)c4)sc23)c(Cl)cc1Cl. The highest BCUT2D eigenvalue weighted by molar-refractivity contribution is 7.23. The first-order chi connectivity index (χ1) is 16.1. The van der Waals surface area contributed by atoms with E-state index in [-0.39, 0.29) is 6.29 Å². The van der Waals surface area contributed by atoms with Gasteiger partial charge in [-0.25, -0.2) is 0 Å². The maximum absolute atomic E-state index is 9.71. The number of nitrogens with zero attached hydrogens (tertiary/aromatic N) is 2. The van der Waals surface area contributed by atoms with Crippen LogP contribution < -0.4 is 10.1 Å². The van der Waals surface area contributed by atoms with Crippen molar-refractivity contribution in [3.8, 4) is 22.3 Å². The Labute approximate surface area is 208 Å². The highest BCUT2D eigenvalue weighted by Crippen LogP contribution is 2.43. The normalized spacial score (nSPS) is 14.4. The van der Waals surface area contributed by atoms with Gasteiger partial charge in [0.2, 0.25) is 0 Å². The molecule has 1 saturated heterocycles. The maximum atomic E-state index is 9.71. The number of halogens is 2.